The quantitative estimate of drug-likeness (QED) is 0.693. The first-order valence-electron chi connectivity index (χ1n) is 9.76. The average molecular weight is 393 g/mol. The second-order valence-electron chi connectivity index (χ2n) is 7.95. The molecule has 0 spiro atoms. The van der Waals surface area contributed by atoms with E-state index in [1.807, 2.05) is 20.8 Å². The van der Waals surface area contributed by atoms with E-state index in [1.165, 1.54) is 0 Å². The highest BCUT2D eigenvalue weighted by atomic mass is 16.6. The summed E-state index contributed by atoms with van der Waals surface area (Å²) in [5.41, 5.74) is 0.908. The molecule has 0 bridgehead atoms. The Morgan fingerprint density at radius 1 is 1.32 bits per heavy atom. The second kappa shape index (κ2) is 10.3. The maximum Gasteiger partial charge on any atom is 0.410 e. The Hall–Kier alpha value is -2.35. The van der Waals surface area contributed by atoms with Crippen molar-refractivity contribution in [2.75, 3.05) is 44.0 Å². The van der Waals surface area contributed by atoms with Crippen molar-refractivity contribution in [3.8, 4) is 0 Å². The van der Waals surface area contributed by atoms with Gasteiger partial charge in [-0.05, 0) is 46.1 Å². The van der Waals surface area contributed by atoms with E-state index >= 15 is 0 Å². The number of rotatable bonds is 7. The number of pyridine rings is 1. The van der Waals surface area contributed by atoms with Crippen LogP contribution in [0.2, 0.25) is 0 Å². The fraction of sp³-hybridized carbons (Fsp3) is 0.650. The number of likely N-dealkylation sites (tertiary alicyclic amines) is 1. The minimum absolute atomic E-state index is 0.0978. The van der Waals surface area contributed by atoms with E-state index in [0.717, 1.165) is 31.5 Å². The summed E-state index contributed by atoms with van der Waals surface area (Å²) < 4.78 is 10.5. The van der Waals surface area contributed by atoms with Crippen molar-refractivity contribution in [3.05, 3.63) is 18.5 Å². The van der Waals surface area contributed by atoms with E-state index in [2.05, 4.69) is 15.6 Å². The summed E-state index contributed by atoms with van der Waals surface area (Å²) in [5.74, 6) is -0.366. The molecule has 0 aliphatic carbocycles. The fourth-order valence-corrected chi connectivity index (χ4v) is 3.00. The van der Waals surface area contributed by atoms with Crippen LogP contribution in [0.1, 0.15) is 40.0 Å². The van der Waals surface area contributed by atoms with Gasteiger partial charge in [0.1, 0.15) is 5.60 Å². The standard InChI is InChI=1S/C20H32N4O4/c1-20(2,3)28-19(26)24-11-5-7-15(14-24)18(25)23-16-8-10-21-13-17(16)22-9-6-12-27-4/h8,10,13,15,22H,5-7,9,11-12,14H2,1-4H3,(H,21,23,25). The first kappa shape index (κ1) is 21.9. The lowest BCUT2D eigenvalue weighted by Crippen LogP contribution is -2.45. The normalized spacial score (nSPS) is 17.1. The Balaban J connectivity index is 1.94. The Labute approximate surface area is 167 Å². The first-order chi connectivity index (χ1) is 13.3. The number of hydrogen-bond acceptors (Lipinski definition) is 6. The molecule has 1 aromatic rings. The van der Waals surface area contributed by atoms with Crippen LogP contribution in [-0.4, -0.2) is 60.8 Å². The zero-order chi connectivity index (χ0) is 20.6. The van der Waals surface area contributed by atoms with Gasteiger partial charge in [-0.25, -0.2) is 4.79 Å². The number of amides is 2. The molecule has 2 heterocycles. The molecule has 8 nitrogen and oxygen atoms in total. The number of piperidine rings is 1. The number of aromatic nitrogens is 1. The van der Waals surface area contributed by atoms with Crippen molar-refractivity contribution >= 4 is 23.4 Å². The van der Waals surface area contributed by atoms with Gasteiger partial charge in [-0.15, -0.1) is 0 Å². The van der Waals surface area contributed by atoms with Gasteiger partial charge in [-0.3, -0.25) is 9.78 Å². The van der Waals surface area contributed by atoms with Crippen molar-refractivity contribution in [2.24, 2.45) is 5.92 Å². The van der Waals surface area contributed by atoms with E-state index in [4.69, 9.17) is 9.47 Å². The monoisotopic (exact) mass is 392 g/mol. The molecule has 1 saturated heterocycles. The van der Waals surface area contributed by atoms with Gasteiger partial charge in [-0.1, -0.05) is 0 Å². The molecule has 0 radical (unpaired) electrons. The van der Waals surface area contributed by atoms with E-state index < -0.39 is 5.60 Å². The molecule has 0 saturated carbocycles. The van der Waals surface area contributed by atoms with Crippen LogP contribution in [0.4, 0.5) is 16.2 Å². The molecule has 1 aliphatic heterocycles. The summed E-state index contributed by atoms with van der Waals surface area (Å²) in [6.07, 6.45) is 5.34. The first-order valence-corrected chi connectivity index (χ1v) is 9.76. The van der Waals surface area contributed by atoms with Gasteiger partial charge in [0.25, 0.3) is 0 Å². The molecule has 1 atom stereocenters. The molecule has 156 valence electrons. The highest BCUT2D eigenvalue weighted by molar-refractivity contribution is 5.95. The van der Waals surface area contributed by atoms with Crippen molar-refractivity contribution in [1.82, 2.24) is 9.88 Å². The summed E-state index contributed by atoms with van der Waals surface area (Å²) in [5, 5.41) is 6.24. The van der Waals surface area contributed by atoms with Crippen LogP contribution in [0.3, 0.4) is 0 Å². The Morgan fingerprint density at radius 3 is 2.82 bits per heavy atom. The summed E-state index contributed by atoms with van der Waals surface area (Å²) in [7, 11) is 1.67. The average Bonchev–Trinajstić information content (AvgIpc) is 2.65. The molecule has 1 unspecified atom stereocenters. The molecule has 2 rings (SSSR count). The maximum atomic E-state index is 12.8. The van der Waals surface area contributed by atoms with Gasteiger partial charge in [0.15, 0.2) is 0 Å². The van der Waals surface area contributed by atoms with Gasteiger partial charge < -0.3 is 25.0 Å². The number of anilines is 2. The van der Waals surface area contributed by atoms with Crippen molar-refractivity contribution in [3.63, 3.8) is 0 Å². The molecule has 0 aromatic carbocycles. The van der Waals surface area contributed by atoms with Gasteiger partial charge in [-0.2, -0.15) is 0 Å². The van der Waals surface area contributed by atoms with Crippen LogP contribution in [-0.2, 0) is 14.3 Å². The van der Waals surface area contributed by atoms with Crippen LogP contribution >= 0.6 is 0 Å². The molecule has 1 aliphatic rings. The highest BCUT2D eigenvalue weighted by Crippen LogP contribution is 2.24. The van der Waals surface area contributed by atoms with Crippen molar-refractivity contribution < 1.29 is 19.1 Å². The Bertz CT molecular complexity index is 660. The molecule has 28 heavy (non-hydrogen) atoms. The third kappa shape index (κ3) is 6.99. The molecule has 1 aromatic heterocycles. The SMILES string of the molecule is COCCCNc1cnccc1NC(=O)C1CCCN(C(=O)OC(C)(C)C)C1. The van der Waals surface area contributed by atoms with Gasteiger partial charge in [0.05, 0.1) is 23.5 Å². The molecular formula is C20H32N4O4. The fourth-order valence-electron chi connectivity index (χ4n) is 3.00. The predicted molar refractivity (Wildman–Crippen MR) is 108 cm³/mol. The van der Waals surface area contributed by atoms with Gasteiger partial charge >= 0.3 is 6.09 Å². The van der Waals surface area contributed by atoms with Crippen LogP contribution in [0.5, 0.6) is 0 Å². The van der Waals surface area contributed by atoms with Crippen LogP contribution in [0.25, 0.3) is 0 Å². The number of ether oxygens (including phenoxy) is 2. The smallest absolute Gasteiger partial charge is 0.410 e. The topological polar surface area (TPSA) is 92.8 Å². The van der Waals surface area contributed by atoms with E-state index in [0.29, 0.717) is 25.4 Å². The summed E-state index contributed by atoms with van der Waals surface area (Å²) >= 11 is 0. The van der Waals surface area contributed by atoms with Crippen molar-refractivity contribution in [1.29, 1.82) is 0 Å². The third-order valence-corrected chi connectivity index (χ3v) is 4.36. The molecule has 1 fully saturated rings. The number of carbonyl (C=O) groups is 2. The lowest BCUT2D eigenvalue weighted by molar-refractivity contribution is -0.121. The van der Waals surface area contributed by atoms with Gasteiger partial charge in [0, 0.05) is 39.5 Å². The number of carbonyl (C=O) groups excluding carboxylic acids is 2. The second-order valence-corrected chi connectivity index (χ2v) is 7.95. The van der Waals surface area contributed by atoms with Crippen LogP contribution in [0, 0.1) is 5.92 Å². The number of nitrogens with one attached hydrogen (secondary N) is 2. The van der Waals surface area contributed by atoms with E-state index in [9.17, 15) is 9.59 Å². The van der Waals surface area contributed by atoms with E-state index in [1.54, 1.807) is 30.5 Å². The lowest BCUT2D eigenvalue weighted by Gasteiger charge is -2.33. The van der Waals surface area contributed by atoms with Crippen LogP contribution < -0.4 is 10.6 Å². The maximum absolute atomic E-state index is 12.8. The summed E-state index contributed by atoms with van der Waals surface area (Å²) in [4.78, 5) is 30.8. The van der Waals surface area contributed by atoms with Crippen molar-refractivity contribution in [2.45, 2.75) is 45.6 Å². The summed E-state index contributed by atoms with van der Waals surface area (Å²) in [6.45, 7) is 7.87. The molecular weight excluding hydrogens is 360 g/mol. The number of methoxy groups -OCH3 is 1. The van der Waals surface area contributed by atoms with Crippen LogP contribution in [0.15, 0.2) is 18.5 Å². The largest absolute Gasteiger partial charge is 0.444 e. The molecule has 2 N–H and O–H groups in total. The molecule has 2 amide bonds. The Morgan fingerprint density at radius 2 is 2.11 bits per heavy atom. The summed E-state index contributed by atoms with van der Waals surface area (Å²) in [6, 6.07) is 1.77. The van der Waals surface area contributed by atoms with Gasteiger partial charge in [0.2, 0.25) is 5.91 Å². The highest BCUT2D eigenvalue weighted by Gasteiger charge is 2.31. The predicted octanol–water partition coefficient (Wildman–Crippen LogP) is 3.12. The zero-order valence-corrected chi connectivity index (χ0v) is 17.3. The number of hydrogen-bond donors (Lipinski definition) is 2. The molecule has 8 heteroatoms. The minimum atomic E-state index is -0.549. The third-order valence-electron chi connectivity index (χ3n) is 4.36. The minimum Gasteiger partial charge on any atom is -0.444 e. The zero-order valence-electron chi connectivity index (χ0n) is 17.3. The Kier molecular flexibility index (Phi) is 8.04. The van der Waals surface area contributed by atoms with E-state index in [-0.39, 0.29) is 17.9 Å². The number of nitrogens with zero attached hydrogens (tertiary/aromatic N) is 2. The lowest BCUT2D eigenvalue weighted by atomic mass is 9.97.